The Bertz CT molecular complexity index is 271. The van der Waals surface area contributed by atoms with Crippen molar-refractivity contribution in [1.82, 2.24) is 5.32 Å². The Hall–Kier alpha value is -1.06. The van der Waals surface area contributed by atoms with Gasteiger partial charge < -0.3 is 10.4 Å². The number of carboxylic acid groups (broad SMARTS) is 1. The molecule has 4 heteroatoms. The molecule has 2 saturated carbocycles. The lowest BCUT2D eigenvalue weighted by molar-refractivity contribution is -0.139. The number of hydrogen-bond acceptors (Lipinski definition) is 2. The highest BCUT2D eigenvalue weighted by Gasteiger charge is 2.51. The van der Waals surface area contributed by atoms with Gasteiger partial charge in [0.25, 0.3) is 0 Å². The molecule has 2 aliphatic rings. The maximum Gasteiger partial charge on any atom is 0.306 e. The Morgan fingerprint density at radius 1 is 1.29 bits per heavy atom. The minimum Gasteiger partial charge on any atom is -0.481 e. The topological polar surface area (TPSA) is 66.4 Å². The van der Waals surface area contributed by atoms with Crippen LogP contribution in [-0.4, -0.2) is 23.0 Å². The van der Waals surface area contributed by atoms with Gasteiger partial charge >= 0.3 is 5.97 Å². The molecular weight excluding hydrogens is 182 g/mol. The Kier molecular flexibility index (Phi) is 2.21. The Morgan fingerprint density at radius 2 is 1.93 bits per heavy atom. The van der Waals surface area contributed by atoms with E-state index >= 15 is 0 Å². The van der Waals surface area contributed by atoms with Gasteiger partial charge in [0.05, 0.1) is 5.92 Å². The van der Waals surface area contributed by atoms with E-state index in [1.54, 1.807) is 0 Å². The standard InChI is InChI=1S/C10H15NO3/c1-5(12)11-7-2-6(3-7)8-4-9(8)10(13)14/h6-9H,2-4H2,1H3,(H,11,12)(H,13,14)/t6?,7?,8?,9-/m1/s1. The van der Waals surface area contributed by atoms with Crippen LogP contribution in [0, 0.1) is 17.8 Å². The molecule has 0 radical (unpaired) electrons. The van der Waals surface area contributed by atoms with Crippen LogP contribution < -0.4 is 5.32 Å². The molecule has 4 nitrogen and oxygen atoms in total. The third-order valence-electron chi connectivity index (χ3n) is 3.34. The number of hydrogen-bond donors (Lipinski definition) is 2. The van der Waals surface area contributed by atoms with E-state index in [1.807, 2.05) is 0 Å². The van der Waals surface area contributed by atoms with Crippen molar-refractivity contribution in [2.24, 2.45) is 17.8 Å². The first kappa shape index (κ1) is 9.49. The molecule has 0 heterocycles. The maximum atomic E-state index is 10.7. The third kappa shape index (κ3) is 1.74. The highest BCUT2D eigenvalue weighted by Crippen LogP contribution is 2.51. The highest BCUT2D eigenvalue weighted by atomic mass is 16.4. The summed E-state index contributed by atoms with van der Waals surface area (Å²) in [7, 11) is 0. The fourth-order valence-corrected chi connectivity index (χ4v) is 2.44. The summed E-state index contributed by atoms with van der Waals surface area (Å²) in [5, 5.41) is 11.6. The second-order valence-corrected chi connectivity index (χ2v) is 4.47. The largest absolute Gasteiger partial charge is 0.481 e. The molecule has 78 valence electrons. The second kappa shape index (κ2) is 3.26. The van der Waals surface area contributed by atoms with E-state index in [4.69, 9.17) is 5.11 Å². The van der Waals surface area contributed by atoms with Gasteiger partial charge in [-0.3, -0.25) is 9.59 Å². The molecule has 1 unspecified atom stereocenters. The lowest BCUT2D eigenvalue weighted by atomic mass is 9.76. The van der Waals surface area contributed by atoms with Crippen molar-refractivity contribution in [2.75, 3.05) is 0 Å². The van der Waals surface area contributed by atoms with Crippen molar-refractivity contribution in [3.05, 3.63) is 0 Å². The first-order chi connectivity index (χ1) is 6.58. The van der Waals surface area contributed by atoms with Gasteiger partial charge in [-0.15, -0.1) is 0 Å². The molecule has 0 saturated heterocycles. The predicted octanol–water partition coefficient (Wildman–Crippen LogP) is 0.622. The van der Waals surface area contributed by atoms with Crippen LogP contribution in [0.25, 0.3) is 0 Å². The van der Waals surface area contributed by atoms with Gasteiger partial charge in [-0.25, -0.2) is 0 Å². The summed E-state index contributed by atoms with van der Waals surface area (Å²) in [5.41, 5.74) is 0. The summed E-state index contributed by atoms with van der Waals surface area (Å²) < 4.78 is 0. The molecule has 2 rings (SSSR count). The first-order valence-corrected chi connectivity index (χ1v) is 5.08. The smallest absolute Gasteiger partial charge is 0.306 e. The molecule has 0 bridgehead atoms. The van der Waals surface area contributed by atoms with Crippen molar-refractivity contribution >= 4 is 11.9 Å². The Labute approximate surface area is 82.7 Å². The fraction of sp³-hybridized carbons (Fsp3) is 0.800. The SMILES string of the molecule is CC(=O)NC1CC(C2C[C@H]2C(=O)O)C1. The quantitative estimate of drug-likeness (QED) is 0.697. The number of nitrogens with one attached hydrogen (secondary N) is 1. The van der Waals surface area contributed by atoms with Crippen LogP contribution in [0.1, 0.15) is 26.2 Å². The molecule has 2 N–H and O–H groups in total. The zero-order chi connectivity index (χ0) is 10.3. The van der Waals surface area contributed by atoms with Crippen LogP contribution in [0.5, 0.6) is 0 Å². The van der Waals surface area contributed by atoms with Crippen molar-refractivity contribution in [3.8, 4) is 0 Å². The molecule has 1 amide bonds. The summed E-state index contributed by atoms with van der Waals surface area (Å²) in [6.45, 7) is 1.52. The number of amides is 1. The average Bonchev–Trinajstić information content (AvgIpc) is 2.73. The van der Waals surface area contributed by atoms with Crippen molar-refractivity contribution in [2.45, 2.75) is 32.2 Å². The number of rotatable bonds is 3. The lowest BCUT2D eigenvalue weighted by Crippen LogP contribution is -2.44. The normalized spacial score (nSPS) is 39.8. The van der Waals surface area contributed by atoms with Crippen LogP contribution in [0.2, 0.25) is 0 Å². The maximum absolute atomic E-state index is 10.7. The lowest BCUT2D eigenvalue weighted by Gasteiger charge is -2.36. The van der Waals surface area contributed by atoms with Crippen molar-refractivity contribution < 1.29 is 14.7 Å². The third-order valence-corrected chi connectivity index (χ3v) is 3.34. The van der Waals surface area contributed by atoms with Gasteiger partial charge in [0.2, 0.25) is 5.91 Å². The summed E-state index contributed by atoms with van der Waals surface area (Å²) in [6.07, 6.45) is 2.77. The zero-order valence-corrected chi connectivity index (χ0v) is 8.19. The van der Waals surface area contributed by atoms with E-state index in [0.29, 0.717) is 17.9 Å². The first-order valence-electron chi connectivity index (χ1n) is 5.08. The molecule has 0 aromatic rings. The molecule has 2 aliphatic carbocycles. The zero-order valence-electron chi connectivity index (χ0n) is 8.19. The van der Waals surface area contributed by atoms with Gasteiger partial charge in [0, 0.05) is 13.0 Å². The summed E-state index contributed by atoms with van der Waals surface area (Å²) >= 11 is 0. The predicted molar refractivity (Wildman–Crippen MR) is 49.6 cm³/mol. The summed E-state index contributed by atoms with van der Waals surface area (Å²) in [5.74, 6) is 0.181. The number of carbonyl (C=O) groups is 2. The van der Waals surface area contributed by atoms with Crippen LogP contribution in [0.4, 0.5) is 0 Å². The van der Waals surface area contributed by atoms with E-state index in [0.717, 1.165) is 19.3 Å². The van der Waals surface area contributed by atoms with Crippen molar-refractivity contribution in [1.29, 1.82) is 0 Å². The summed E-state index contributed by atoms with van der Waals surface area (Å²) in [6, 6.07) is 0.299. The molecule has 0 spiro atoms. The second-order valence-electron chi connectivity index (χ2n) is 4.47. The molecule has 2 fully saturated rings. The number of aliphatic carboxylic acids is 1. The van der Waals surface area contributed by atoms with E-state index in [-0.39, 0.29) is 11.8 Å². The molecule has 14 heavy (non-hydrogen) atoms. The molecule has 0 aromatic heterocycles. The number of carbonyl (C=O) groups excluding carboxylic acids is 1. The number of carboxylic acids is 1. The van der Waals surface area contributed by atoms with Crippen molar-refractivity contribution in [3.63, 3.8) is 0 Å². The van der Waals surface area contributed by atoms with Gasteiger partial charge in [0.1, 0.15) is 0 Å². The Balaban J connectivity index is 1.69. The minimum absolute atomic E-state index is 0.0130. The highest BCUT2D eigenvalue weighted by molar-refractivity contribution is 5.74. The monoisotopic (exact) mass is 197 g/mol. The van der Waals surface area contributed by atoms with Gasteiger partial charge in [0.15, 0.2) is 0 Å². The fourth-order valence-electron chi connectivity index (χ4n) is 2.44. The van der Waals surface area contributed by atoms with Crippen LogP contribution in [0.3, 0.4) is 0 Å². The van der Waals surface area contributed by atoms with Gasteiger partial charge in [-0.05, 0) is 31.1 Å². The minimum atomic E-state index is -0.655. The molecular formula is C10H15NO3. The van der Waals surface area contributed by atoms with E-state index in [9.17, 15) is 9.59 Å². The average molecular weight is 197 g/mol. The molecule has 0 aliphatic heterocycles. The van der Waals surface area contributed by atoms with Crippen LogP contribution in [-0.2, 0) is 9.59 Å². The van der Waals surface area contributed by atoms with Gasteiger partial charge in [-0.2, -0.15) is 0 Å². The van der Waals surface area contributed by atoms with E-state index < -0.39 is 5.97 Å². The van der Waals surface area contributed by atoms with Gasteiger partial charge in [-0.1, -0.05) is 0 Å². The molecule has 2 atom stereocenters. The van der Waals surface area contributed by atoms with E-state index in [2.05, 4.69) is 5.32 Å². The van der Waals surface area contributed by atoms with E-state index in [1.165, 1.54) is 6.92 Å². The van der Waals surface area contributed by atoms with Crippen LogP contribution in [0.15, 0.2) is 0 Å². The Morgan fingerprint density at radius 3 is 2.36 bits per heavy atom. The molecule has 0 aromatic carbocycles. The van der Waals surface area contributed by atoms with Crippen LogP contribution >= 0.6 is 0 Å². The summed E-state index contributed by atoms with van der Waals surface area (Å²) in [4.78, 5) is 21.3.